The van der Waals surface area contributed by atoms with Gasteiger partial charge in [-0.05, 0) is 32.0 Å². The number of rotatable bonds is 8. The van der Waals surface area contributed by atoms with Gasteiger partial charge in [0.2, 0.25) is 15.7 Å². The number of hydrogen-bond donors (Lipinski definition) is 1. The molecule has 1 heterocycles. The van der Waals surface area contributed by atoms with E-state index in [0.717, 1.165) is 25.6 Å². The molecule has 14 heteroatoms. The Balaban J connectivity index is 2.04. The molecule has 2 rings (SSSR count). The van der Waals surface area contributed by atoms with E-state index in [4.69, 9.17) is 11.6 Å². The smallest absolute Gasteiger partial charge is 0.354 e. The van der Waals surface area contributed by atoms with Crippen molar-refractivity contribution in [1.29, 1.82) is 0 Å². The molecule has 0 fully saturated rings. The summed E-state index contributed by atoms with van der Waals surface area (Å²) in [5.41, 5.74) is -1.27. The van der Waals surface area contributed by atoms with Gasteiger partial charge in [-0.1, -0.05) is 11.6 Å². The number of alkyl halides is 3. The molecule has 32 heavy (non-hydrogen) atoms. The molecule has 174 valence electrons. The number of pyridine rings is 1. The maximum atomic E-state index is 12.8. The van der Waals surface area contributed by atoms with Gasteiger partial charge in [0, 0.05) is 35.5 Å². The molecule has 0 saturated carbocycles. The Morgan fingerprint density at radius 2 is 1.91 bits per heavy atom. The minimum absolute atomic E-state index is 0.00190. The van der Waals surface area contributed by atoms with E-state index in [1.54, 1.807) is 0 Å². The van der Waals surface area contributed by atoms with Crippen molar-refractivity contribution in [3.8, 4) is 0 Å². The first-order chi connectivity index (χ1) is 14.7. The topological polar surface area (TPSA) is 119 Å². The summed E-state index contributed by atoms with van der Waals surface area (Å²) in [7, 11) is -4.40. The number of amides is 1. The molecule has 0 radical (unpaired) electrons. The van der Waals surface area contributed by atoms with Gasteiger partial charge in [-0.2, -0.15) is 13.2 Å². The second-order valence-electron chi connectivity index (χ2n) is 6.87. The van der Waals surface area contributed by atoms with Crippen LogP contribution in [0.1, 0.15) is 19.4 Å². The van der Waals surface area contributed by atoms with Gasteiger partial charge in [-0.15, -0.1) is 11.8 Å². The second kappa shape index (κ2) is 9.63. The summed E-state index contributed by atoms with van der Waals surface area (Å²) in [6.07, 6.45) is -4.29. The molecule has 0 spiro atoms. The first-order valence-corrected chi connectivity index (χ1v) is 11.7. The Kier molecular flexibility index (Phi) is 7.79. The molecule has 0 saturated heterocycles. The highest BCUT2D eigenvalue weighted by Crippen LogP contribution is 2.32. The normalized spacial score (nSPS) is 12.4. The molecule has 1 aromatic heterocycles. The Bertz CT molecular complexity index is 1120. The number of aromatic nitrogens is 1. The predicted molar refractivity (Wildman–Crippen MR) is 112 cm³/mol. The molecule has 0 aliphatic rings. The molecule has 0 aliphatic carbocycles. The summed E-state index contributed by atoms with van der Waals surface area (Å²) < 4.78 is 61.5. The van der Waals surface area contributed by atoms with E-state index in [-0.39, 0.29) is 23.0 Å². The fraction of sp³-hybridized carbons (Fsp3) is 0.333. The average Bonchev–Trinajstić information content (AvgIpc) is 2.71. The number of halogens is 4. The van der Waals surface area contributed by atoms with Gasteiger partial charge >= 0.3 is 6.18 Å². The number of hydrogen-bond acceptors (Lipinski definition) is 7. The predicted octanol–water partition coefficient (Wildman–Crippen LogP) is 4.12. The number of nitro groups is 1. The zero-order valence-corrected chi connectivity index (χ0v) is 19.0. The number of thioether (sulfide) groups is 1. The lowest BCUT2D eigenvalue weighted by atomic mass is 10.2. The number of nitrogens with one attached hydrogen (secondary N) is 1. The first kappa shape index (κ1) is 25.9. The lowest BCUT2D eigenvalue weighted by Crippen LogP contribution is -2.48. The molecular weight excluding hydrogens is 495 g/mol. The number of nitrogens with zero attached hydrogens (tertiary/aromatic N) is 2. The number of non-ortho nitro benzene ring substituents is 1. The highest BCUT2D eigenvalue weighted by Gasteiger charge is 2.44. The molecule has 1 aromatic carbocycles. The quantitative estimate of drug-likeness (QED) is 0.245. The van der Waals surface area contributed by atoms with Crippen molar-refractivity contribution in [2.24, 2.45) is 0 Å². The minimum atomic E-state index is -4.68. The van der Waals surface area contributed by atoms with Crippen LogP contribution in [-0.4, -0.2) is 41.3 Å². The van der Waals surface area contributed by atoms with Gasteiger partial charge in [0.15, 0.2) is 9.77 Å². The molecule has 8 nitrogen and oxygen atoms in total. The van der Waals surface area contributed by atoms with Gasteiger partial charge < -0.3 is 5.32 Å². The number of carbonyl (C=O) groups is 1. The monoisotopic (exact) mass is 511 g/mol. The summed E-state index contributed by atoms with van der Waals surface area (Å²) in [5.74, 6) is -0.661. The van der Waals surface area contributed by atoms with Crippen LogP contribution in [0.25, 0.3) is 0 Å². The van der Waals surface area contributed by atoms with Crippen molar-refractivity contribution < 1.29 is 31.3 Å². The van der Waals surface area contributed by atoms with Crippen molar-refractivity contribution in [2.45, 2.75) is 34.7 Å². The van der Waals surface area contributed by atoms with Crippen LogP contribution in [0.3, 0.4) is 0 Å². The molecule has 0 atom stereocenters. The summed E-state index contributed by atoms with van der Waals surface area (Å²) in [6, 6.07) is 5.17. The largest absolute Gasteiger partial charge is 0.417 e. The van der Waals surface area contributed by atoms with E-state index in [2.05, 4.69) is 10.3 Å². The number of benzene rings is 1. The fourth-order valence-corrected chi connectivity index (χ4v) is 4.74. The number of sulfone groups is 1. The highest BCUT2D eigenvalue weighted by atomic mass is 35.5. The first-order valence-electron chi connectivity index (χ1n) is 8.81. The van der Waals surface area contributed by atoms with Crippen LogP contribution in [0.2, 0.25) is 5.02 Å². The second-order valence-corrected chi connectivity index (χ2v) is 10.9. The van der Waals surface area contributed by atoms with Gasteiger partial charge in [0.25, 0.3) is 5.69 Å². The van der Waals surface area contributed by atoms with Crippen LogP contribution >= 0.6 is 23.4 Å². The van der Waals surface area contributed by atoms with Gasteiger partial charge in [0.05, 0.1) is 15.5 Å². The van der Waals surface area contributed by atoms with Crippen molar-refractivity contribution in [1.82, 2.24) is 10.3 Å². The van der Waals surface area contributed by atoms with Crippen LogP contribution in [0.15, 0.2) is 46.5 Å². The molecule has 1 amide bonds. The van der Waals surface area contributed by atoms with E-state index in [1.807, 2.05) is 0 Å². The molecule has 0 unspecified atom stereocenters. The van der Waals surface area contributed by atoms with E-state index < -0.39 is 42.2 Å². The Hall–Kier alpha value is -2.38. The Morgan fingerprint density at radius 1 is 1.25 bits per heavy atom. The van der Waals surface area contributed by atoms with Crippen LogP contribution in [0, 0.1) is 10.1 Å². The maximum Gasteiger partial charge on any atom is 0.417 e. The lowest BCUT2D eigenvalue weighted by Gasteiger charge is -2.23. The third-order valence-corrected chi connectivity index (χ3v) is 8.15. The Morgan fingerprint density at radius 3 is 2.44 bits per heavy atom. The third-order valence-electron chi connectivity index (χ3n) is 4.33. The highest BCUT2D eigenvalue weighted by molar-refractivity contribution is 7.99. The van der Waals surface area contributed by atoms with Crippen molar-refractivity contribution >= 4 is 44.8 Å². The van der Waals surface area contributed by atoms with Crippen molar-refractivity contribution in [3.05, 3.63) is 57.2 Å². The van der Waals surface area contributed by atoms with E-state index in [9.17, 15) is 36.5 Å². The van der Waals surface area contributed by atoms with Gasteiger partial charge in [-0.3, -0.25) is 14.9 Å². The van der Waals surface area contributed by atoms with E-state index in [1.165, 1.54) is 18.2 Å². The average molecular weight is 512 g/mol. The lowest BCUT2D eigenvalue weighted by molar-refractivity contribution is -0.385. The molecule has 0 bridgehead atoms. The standard InChI is InChI=1S/C18H17ClF3N3O5S2/c1-17(2,32(29,30)15-6-3-11(10-24-15)18(20,21)22)16(26)23-7-8-31-14-9-12(25(27)28)4-5-13(14)19/h3-6,9-10H,7-8H2,1-2H3,(H,23,26). The molecule has 1 N–H and O–H groups in total. The minimum Gasteiger partial charge on any atom is -0.354 e. The van der Waals surface area contributed by atoms with Gasteiger partial charge in [-0.25, -0.2) is 13.4 Å². The van der Waals surface area contributed by atoms with Crippen molar-refractivity contribution in [3.63, 3.8) is 0 Å². The zero-order chi connectivity index (χ0) is 24.3. The fourth-order valence-electron chi connectivity index (χ4n) is 2.35. The van der Waals surface area contributed by atoms with Crippen LogP contribution in [0.5, 0.6) is 0 Å². The summed E-state index contributed by atoms with van der Waals surface area (Å²) in [5, 5.41) is 12.9. The number of nitro benzene ring substituents is 1. The van der Waals surface area contributed by atoms with E-state index in [0.29, 0.717) is 23.2 Å². The Labute approximate surface area is 190 Å². The van der Waals surface area contributed by atoms with Crippen molar-refractivity contribution in [2.75, 3.05) is 12.3 Å². The summed E-state index contributed by atoms with van der Waals surface area (Å²) in [6.45, 7) is 2.23. The number of carbonyl (C=O) groups excluding carboxylic acids is 1. The third kappa shape index (κ3) is 5.70. The van der Waals surface area contributed by atoms with E-state index >= 15 is 0 Å². The summed E-state index contributed by atoms with van der Waals surface area (Å²) in [4.78, 5) is 26.6. The van der Waals surface area contributed by atoms with Crippen LogP contribution < -0.4 is 5.32 Å². The summed E-state index contributed by atoms with van der Waals surface area (Å²) >= 11 is 7.11. The molecule has 0 aliphatic heterocycles. The van der Waals surface area contributed by atoms with Crippen LogP contribution in [0.4, 0.5) is 18.9 Å². The molecular formula is C18H17ClF3N3O5S2. The van der Waals surface area contributed by atoms with Crippen LogP contribution in [-0.2, 0) is 20.8 Å². The van der Waals surface area contributed by atoms with Gasteiger partial charge in [0.1, 0.15) is 0 Å². The molecule has 2 aromatic rings. The zero-order valence-electron chi connectivity index (χ0n) is 16.6. The SMILES string of the molecule is CC(C)(C(=O)NCCSc1cc([N+](=O)[O-])ccc1Cl)S(=O)(=O)c1ccc(C(F)(F)F)cn1. The maximum absolute atomic E-state index is 12.8.